The summed E-state index contributed by atoms with van der Waals surface area (Å²) in [6, 6.07) is 8.34. The molecule has 1 fully saturated rings. The van der Waals surface area contributed by atoms with Crippen LogP contribution in [0.15, 0.2) is 24.3 Å². The van der Waals surface area contributed by atoms with E-state index in [1.807, 2.05) is 31.2 Å². The third kappa shape index (κ3) is 4.72. The van der Waals surface area contributed by atoms with Crippen molar-refractivity contribution < 1.29 is 14.3 Å². The zero-order valence-electron chi connectivity index (χ0n) is 12.8. The fourth-order valence-corrected chi connectivity index (χ4v) is 2.38. The van der Waals surface area contributed by atoms with Crippen LogP contribution < -0.4 is 10.2 Å². The number of ether oxygens (including phenoxy) is 2. The maximum Gasteiger partial charge on any atom is 0.226 e. The largest absolute Gasteiger partial charge is 0.381 e. The van der Waals surface area contributed by atoms with Crippen molar-refractivity contribution in [2.45, 2.75) is 26.3 Å². The molecule has 0 aliphatic carbocycles. The van der Waals surface area contributed by atoms with Gasteiger partial charge in [-0.15, -0.1) is 0 Å². The molecule has 2 rings (SSSR count). The number of hydrogen-bond donors (Lipinski definition) is 1. The number of nitrogens with one attached hydrogen (secondary N) is 1. The zero-order valence-corrected chi connectivity index (χ0v) is 12.8. The minimum absolute atomic E-state index is 0.0176. The molecule has 1 aliphatic heterocycles. The first-order chi connectivity index (χ1) is 10.2. The van der Waals surface area contributed by atoms with Crippen molar-refractivity contribution in [1.82, 2.24) is 0 Å². The quantitative estimate of drug-likeness (QED) is 0.817. The second kappa shape index (κ2) is 8.00. The van der Waals surface area contributed by atoms with E-state index in [9.17, 15) is 4.79 Å². The van der Waals surface area contributed by atoms with Gasteiger partial charge in [0.1, 0.15) is 0 Å². The summed E-state index contributed by atoms with van der Waals surface area (Å²) >= 11 is 0. The van der Waals surface area contributed by atoms with E-state index in [1.54, 1.807) is 0 Å². The molecule has 1 amide bonds. The topological polar surface area (TPSA) is 50.8 Å². The van der Waals surface area contributed by atoms with Crippen molar-refractivity contribution in [3.05, 3.63) is 24.3 Å². The fraction of sp³-hybridized carbons (Fsp3) is 0.562. The molecule has 1 aromatic carbocycles. The number of hydrogen-bond acceptors (Lipinski definition) is 4. The van der Waals surface area contributed by atoms with Gasteiger partial charge in [-0.2, -0.15) is 0 Å². The average molecular weight is 292 g/mol. The van der Waals surface area contributed by atoms with E-state index in [2.05, 4.69) is 17.1 Å². The third-order valence-corrected chi connectivity index (χ3v) is 3.53. The van der Waals surface area contributed by atoms with Crippen LogP contribution in [-0.2, 0) is 14.3 Å². The molecular weight excluding hydrogens is 268 g/mol. The van der Waals surface area contributed by atoms with Crippen molar-refractivity contribution in [1.29, 1.82) is 0 Å². The molecule has 21 heavy (non-hydrogen) atoms. The summed E-state index contributed by atoms with van der Waals surface area (Å²) in [5.41, 5.74) is 1.99. The van der Waals surface area contributed by atoms with Crippen LogP contribution in [0.5, 0.6) is 0 Å². The van der Waals surface area contributed by atoms with Crippen LogP contribution >= 0.6 is 0 Å². The Balaban J connectivity index is 1.88. The third-order valence-electron chi connectivity index (χ3n) is 3.53. The van der Waals surface area contributed by atoms with E-state index < -0.39 is 0 Å². The number of carbonyl (C=O) groups is 1. The molecule has 1 atom stereocenters. The molecule has 0 unspecified atom stereocenters. The number of nitrogens with zero attached hydrogens (tertiary/aromatic N) is 1. The lowest BCUT2D eigenvalue weighted by Crippen LogP contribution is -2.43. The van der Waals surface area contributed by atoms with Gasteiger partial charge in [-0.3, -0.25) is 4.79 Å². The smallest absolute Gasteiger partial charge is 0.226 e. The van der Waals surface area contributed by atoms with Crippen LogP contribution in [0, 0.1) is 0 Å². The summed E-state index contributed by atoms with van der Waals surface area (Å²) in [4.78, 5) is 14.0. The number of morpholine rings is 1. The van der Waals surface area contributed by atoms with Gasteiger partial charge in [0, 0.05) is 30.6 Å². The van der Waals surface area contributed by atoms with Gasteiger partial charge in [-0.1, -0.05) is 0 Å². The van der Waals surface area contributed by atoms with E-state index in [1.165, 1.54) is 0 Å². The summed E-state index contributed by atoms with van der Waals surface area (Å²) in [6.07, 6.45) is 0.385. The highest BCUT2D eigenvalue weighted by Gasteiger charge is 2.18. The lowest BCUT2D eigenvalue weighted by Gasteiger charge is -2.35. The molecule has 1 heterocycles. The Morgan fingerprint density at radius 2 is 2.19 bits per heavy atom. The molecule has 0 radical (unpaired) electrons. The molecule has 1 N–H and O–H groups in total. The molecule has 0 spiro atoms. The average Bonchev–Trinajstić information content (AvgIpc) is 2.49. The Kier molecular flexibility index (Phi) is 6.02. The summed E-state index contributed by atoms with van der Waals surface area (Å²) in [5.74, 6) is -0.0176. The molecule has 1 aromatic rings. The predicted molar refractivity (Wildman–Crippen MR) is 83.8 cm³/mol. The van der Waals surface area contributed by atoms with Gasteiger partial charge in [-0.25, -0.2) is 0 Å². The van der Waals surface area contributed by atoms with Gasteiger partial charge < -0.3 is 19.7 Å². The highest BCUT2D eigenvalue weighted by atomic mass is 16.5. The van der Waals surface area contributed by atoms with Crippen LogP contribution in [0.4, 0.5) is 11.4 Å². The monoisotopic (exact) mass is 292 g/mol. The Hall–Kier alpha value is -1.59. The second-order valence-corrected chi connectivity index (χ2v) is 5.16. The van der Waals surface area contributed by atoms with E-state index in [0.29, 0.717) is 25.7 Å². The van der Waals surface area contributed by atoms with Crippen molar-refractivity contribution in [2.24, 2.45) is 0 Å². The minimum Gasteiger partial charge on any atom is -0.381 e. The van der Waals surface area contributed by atoms with Gasteiger partial charge in [0.05, 0.1) is 26.2 Å². The Morgan fingerprint density at radius 1 is 1.43 bits per heavy atom. The minimum atomic E-state index is -0.0176. The van der Waals surface area contributed by atoms with Gasteiger partial charge >= 0.3 is 0 Å². The lowest BCUT2D eigenvalue weighted by molar-refractivity contribution is -0.117. The molecule has 5 nitrogen and oxygen atoms in total. The highest BCUT2D eigenvalue weighted by Crippen LogP contribution is 2.21. The molecule has 0 bridgehead atoms. The summed E-state index contributed by atoms with van der Waals surface area (Å²) < 4.78 is 10.6. The first-order valence-electron chi connectivity index (χ1n) is 7.52. The van der Waals surface area contributed by atoms with E-state index >= 15 is 0 Å². The maximum atomic E-state index is 11.7. The van der Waals surface area contributed by atoms with Gasteiger partial charge in [-0.05, 0) is 38.1 Å². The first kappa shape index (κ1) is 15.8. The molecule has 5 heteroatoms. The zero-order chi connectivity index (χ0) is 15.1. The Labute approximate surface area is 126 Å². The van der Waals surface area contributed by atoms with Crippen LogP contribution in [0.2, 0.25) is 0 Å². The SMILES string of the molecule is CCOCCC(=O)Nc1ccc(N2CCOC[C@@H]2C)cc1. The highest BCUT2D eigenvalue weighted by molar-refractivity contribution is 5.90. The van der Waals surface area contributed by atoms with Crippen LogP contribution in [0.25, 0.3) is 0 Å². The van der Waals surface area contributed by atoms with Crippen molar-refractivity contribution >= 4 is 17.3 Å². The van der Waals surface area contributed by atoms with Gasteiger partial charge in [0.2, 0.25) is 5.91 Å². The molecule has 116 valence electrons. The molecule has 0 saturated carbocycles. The maximum absolute atomic E-state index is 11.7. The van der Waals surface area contributed by atoms with Gasteiger partial charge in [0.15, 0.2) is 0 Å². The second-order valence-electron chi connectivity index (χ2n) is 5.16. The van der Waals surface area contributed by atoms with Crippen molar-refractivity contribution in [3.63, 3.8) is 0 Å². The number of benzene rings is 1. The predicted octanol–water partition coefficient (Wildman–Crippen LogP) is 2.28. The van der Waals surface area contributed by atoms with E-state index in [4.69, 9.17) is 9.47 Å². The summed E-state index contributed by atoms with van der Waals surface area (Å²) in [6.45, 7) is 7.61. The molecule has 1 aliphatic rings. The lowest BCUT2D eigenvalue weighted by atomic mass is 10.2. The Morgan fingerprint density at radius 3 is 2.86 bits per heavy atom. The van der Waals surface area contributed by atoms with Gasteiger partial charge in [0.25, 0.3) is 0 Å². The van der Waals surface area contributed by atoms with Crippen molar-refractivity contribution in [3.8, 4) is 0 Å². The molecule has 0 aromatic heterocycles. The number of anilines is 2. The van der Waals surface area contributed by atoms with E-state index in [-0.39, 0.29) is 5.91 Å². The fourth-order valence-electron chi connectivity index (χ4n) is 2.38. The molecule has 1 saturated heterocycles. The van der Waals surface area contributed by atoms with Crippen LogP contribution in [0.3, 0.4) is 0 Å². The molecular formula is C16H24N2O3. The van der Waals surface area contributed by atoms with E-state index in [0.717, 1.165) is 31.1 Å². The number of rotatable bonds is 6. The summed E-state index contributed by atoms with van der Waals surface area (Å²) in [7, 11) is 0. The standard InChI is InChI=1S/C16H24N2O3/c1-3-20-10-8-16(19)17-14-4-6-15(7-5-14)18-9-11-21-12-13(18)2/h4-7,13H,3,8-12H2,1-2H3,(H,17,19)/t13-/m0/s1. The number of carbonyl (C=O) groups excluding carboxylic acids is 1. The van der Waals surface area contributed by atoms with Crippen LogP contribution in [-0.4, -0.2) is 44.9 Å². The number of amides is 1. The summed E-state index contributed by atoms with van der Waals surface area (Å²) in [5, 5.41) is 2.88. The first-order valence-corrected chi connectivity index (χ1v) is 7.52. The Bertz CT molecular complexity index is 447. The normalized spacial score (nSPS) is 18.6. The van der Waals surface area contributed by atoms with Crippen LogP contribution in [0.1, 0.15) is 20.3 Å². The van der Waals surface area contributed by atoms with Crippen molar-refractivity contribution in [2.75, 3.05) is 43.2 Å².